The minimum atomic E-state index is -1.99. The standard InChI is InChI=1S/C20H15F2N7O2/c21-15-3-6-17(18(22)7-15)20(31,9-27-12-24-11-25-27)10-29-19(30)28(13-26-29)16-4-1-14(8-23)2-5-16/h1-7,11-13,31H,9-10H2. The summed E-state index contributed by atoms with van der Waals surface area (Å²) in [6, 6.07) is 11.0. The average Bonchev–Trinajstić information content (AvgIpc) is 3.38. The van der Waals surface area contributed by atoms with Gasteiger partial charge in [-0.3, -0.25) is 0 Å². The molecule has 2 aromatic carbocycles. The zero-order chi connectivity index (χ0) is 22.0. The van der Waals surface area contributed by atoms with Crippen molar-refractivity contribution in [3.05, 3.63) is 94.7 Å². The number of benzene rings is 2. The molecule has 1 atom stereocenters. The molecular weight excluding hydrogens is 408 g/mol. The topological polar surface area (TPSA) is 115 Å². The van der Waals surface area contributed by atoms with Gasteiger partial charge >= 0.3 is 5.69 Å². The lowest BCUT2D eigenvalue weighted by atomic mass is 9.93. The van der Waals surface area contributed by atoms with Crippen molar-refractivity contribution in [1.29, 1.82) is 5.26 Å². The van der Waals surface area contributed by atoms with Crippen LogP contribution in [0.2, 0.25) is 0 Å². The first-order valence-electron chi connectivity index (χ1n) is 9.05. The van der Waals surface area contributed by atoms with E-state index in [2.05, 4.69) is 15.2 Å². The number of aromatic nitrogens is 6. The van der Waals surface area contributed by atoms with Gasteiger partial charge in [0.15, 0.2) is 0 Å². The average molecular weight is 423 g/mol. The first-order valence-corrected chi connectivity index (χ1v) is 9.05. The third kappa shape index (κ3) is 3.96. The van der Waals surface area contributed by atoms with Crippen molar-refractivity contribution in [2.24, 2.45) is 0 Å². The van der Waals surface area contributed by atoms with Crippen LogP contribution >= 0.6 is 0 Å². The Balaban J connectivity index is 1.73. The monoisotopic (exact) mass is 423 g/mol. The normalized spacial score (nSPS) is 13.0. The number of nitrogens with zero attached hydrogens (tertiary/aromatic N) is 7. The van der Waals surface area contributed by atoms with Crippen LogP contribution in [0.3, 0.4) is 0 Å². The minimum absolute atomic E-state index is 0.218. The van der Waals surface area contributed by atoms with Gasteiger partial charge in [-0.05, 0) is 30.3 Å². The minimum Gasteiger partial charge on any atom is -0.381 e. The lowest BCUT2D eigenvalue weighted by molar-refractivity contribution is -0.00948. The summed E-state index contributed by atoms with van der Waals surface area (Å²) in [5.74, 6) is -1.77. The molecule has 9 nitrogen and oxygen atoms in total. The lowest BCUT2D eigenvalue weighted by Crippen LogP contribution is -2.41. The summed E-state index contributed by atoms with van der Waals surface area (Å²) in [4.78, 5) is 16.7. The number of nitriles is 1. The number of aliphatic hydroxyl groups is 1. The van der Waals surface area contributed by atoms with Gasteiger partial charge in [0.05, 0.1) is 30.4 Å². The van der Waals surface area contributed by atoms with Crippen LogP contribution < -0.4 is 5.69 Å². The molecule has 11 heteroatoms. The second-order valence-electron chi connectivity index (χ2n) is 6.85. The van der Waals surface area contributed by atoms with Crippen molar-refractivity contribution in [1.82, 2.24) is 29.1 Å². The maximum Gasteiger partial charge on any atom is 0.350 e. The highest BCUT2D eigenvalue weighted by Crippen LogP contribution is 2.28. The molecule has 0 radical (unpaired) electrons. The number of rotatable bonds is 6. The molecule has 4 aromatic rings. The lowest BCUT2D eigenvalue weighted by Gasteiger charge is -2.28. The Labute approximate surface area is 174 Å². The van der Waals surface area contributed by atoms with E-state index in [1.165, 1.54) is 28.2 Å². The SMILES string of the molecule is N#Cc1ccc(-n2cnn(CC(O)(Cn3cncn3)c3ccc(F)cc3F)c2=O)cc1. The second kappa shape index (κ2) is 7.92. The maximum atomic E-state index is 14.5. The van der Waals surface area contributed by atoms with Gasteiger partial charge < -0.3 is 5.11 Å². The zero-order valence-corrected chi connectivity index (χ0v) is 15.9. The Hall–Kier alpha value is -4.17. The highest BCUT2D eigenvalue weighted by atomic mass is 19.1. The van der Waals surface area contributed by atoms with E-state index in [4.69, 9.17) is 5.26 Å². The molecule has 0 saturated heterocycles. The fourth-order valence-corrected chi connectivity index (χ4v) is 3.24. The van der Waals surface area contributed by atoms with Crippen LogP contribution in [0, 0.1) is 23.0 Å². The van der Waals surface area contributed by atoms with Crippen LogP contribution in [0.15, 0.2) is 66.2 Å². The molecule has 156 valence electrons. The first-order chi connectivity index (χ1) is 14.9. The summed E-state index contributed by atoms with van der Waals surface area (Å²) in [6.45, 7) is -0.691. The van der Waals surface area contributed by atoms with Gasteiger partial charge in [0, 0.05) is 11.6 Å². The Bertz CT molecular complexity index is 1310. The number of hydrogen-bond donors (Lipinski definition) is 1. The summed E-state index contributed by atoms with van der Waals surface area (Å²) >= 11 is 0. The van der Waals surface area contributed by atoms with Crippen molar-refractivity contribution in [2.45, 2.75) is 18.7 Å². The summed E-state index contributed by atoms with van der Waals surface area (Å²) in [7, 11) is 0. The molecule has 0 bridgehead atoms. The highest BCUT2D eigenvalue weighted by molar-refractivity contribution is 5.39. The van der Waals surface area contributed by atoms with E-state index in [1.807, 2.05) is 6.07 Å². The van der Waals surface area contributed by atoms with Gasteiger partial charge in [0.1, 0.15) is 36.2 Å². The predicted octanol–water partition coefficient (Wildman–Crippen LogP) is 1.36. The van der Waals surface area contributed by atoms with Gasteiger partial charge in [0.2, 0.25) is 0 Å². The summed E-state index contributed by atoms with van der Waals surface area (Å²) in [5, 5.41) is 28.2. The van der Waals surface area contributed by atoms with Crippen molar-refractivity contribution >= 4 is 0 Å². The molecule has 4 rings (SSSR count). The Morgan fingerprint density at radius 2 is 1.84 bits per heavy atom. The maximum absolute atomic E-state index is 14.5. The molecule has 0 aliphatic carbocycles. The van der Waals surface area contributed by atoms with E-state index >= 15 is 0 Å². The highest BCUT2D eigenvalue weighted by Gasteiger charge is 2.35. The van der Waals surface area contributed by atoms with Gasteiger partial charge in [-0.2, -0.15) is 15.5 Å². The van der Waals surface area contributed by atoms with Crippen molar-refractivity contribution in [3.63, 3.8) is 0 Å². The van der Waals surface area contributed by atoms with Crippen LogP contribution in [0.25, 0.3) is 5.69 Å². The smallest absolute Gasteiger partial charge is 0.350 e. The fraction of sp³-hybridized carbons (Fsp3) is 0.150. The molecule has 31 heavy (non-hydrogen) atoms. The molecule has 0 aliphatic heterocycles. The van der Waals surface area contributed by atoms with Gasteiger partial charge in [-0.1, -0.05) is 6.07 Å². The van der Waals surface area contributed by atoms with Crippen molar-refractivity contribution in [2.75, 3.05) is 0 Å². The van der Waals surface area contributed by atoms with Crippen LogP contribution in [-0.4, -0.2) is 34.2 Å². The molecule has 1 unspecified atom stereocenters. The van der Waals surface area contributed by atoms with E-state index in [0.29, 0.717) is 17.3 Å². The molecule has 0 saturated carbocycles. The third-order valence-electron chi connectivity index (χ3n) is 4.74. The number of hydrogen-bond acceptors (Lipinski definition) is 6. The Morgan fingerprint density at radius 1 is 1.06 bits per heavy atom. The van der Waals surface area contributed by atoms with Crippen molar-refractivity contribution < 1.29 is 13.9 Å². The second-order valence-corrected chi connectivity index (χ2v) is 6.85. The van der Waals surface area contributed by atoms with E-state index in [-0.39, 0.29) is 12.1 Å². The Morgan fingerprint density at radius 3 is 2.48 bits per heavy atom. The third-order valence-corrected chi connectivity index (χ3v) is 4.74. The Kier molecular flexibility index (Phi) is 5.14. The van der Waals surface area contributed by atoms with E-state index < -0.39 is 29.5 Å². The molecule has 0 spiro atoms. The van der Waals surface area contributed by atoms with Crippen molar-refractivity contribution in [3.8, 4) is 11.8 Å². The fourth-order valence-electron chi connectivity index (χ4n) is 3.24. The van der Waals surface area contributed by atoms with E-state index in [1.54, 1.807) is 24.3 Å². The molecule has 0 aliphatic rings. The summed E-state index contributed by atoms with van der Waals surface area (Å²) in [6.07, 6.45) is 3.82. The molecule has 2 aromatic heterocycles. The van der Waals surface area contributed by atoms with Gasteiger partial charge in [-0.15, -0.1) is 0 Å². The molecule has 2 heterocycles. The molecular formula is C20H15F2N7O2. The largest absolute Gasteiger partial charge is 0.381 e. The summed E-state index contributed by atoms with van der Waals surface area (Å²) < 4.78 is 31.4. The van der Waals surface area contributed by atoms with Crippen LogP contribution in [0.4, 0.5) is 8.78 Å². The zero-order valence-electron chi connectivity index (χ0n) is 15.9. The van der Waals surface area contributed by atoms with Gasteiger partial charge in [-0.25, -0.2) is 32.5 Å². The molecule has 0 fully saturated rings. The molecule has 0 amide bonds. The van der Waals surface area contributed by atoms with Crippen LogP contribution in [0.1, 0.15) is 11.1 Å². The quantitative estimate of drug-likeness (QED) is 0.501. The first kappa shape index (κ1) is 20.1. The van der Waals surface area contributed by atoms with E-state index in [9.17, 15) is 18.7 Å². The van der Waals surface area contributed by atoms with Gasteiger partial charge in [0.25, 0.3) is 0 Å². The predicted molar refractivity (Wildman–Crippen MR) is 103 cm³/mol. The number of halogens is 2. The van der Waals surface area contributed by atoms with Crippen LogP contribution in [-0.2, 0) is 18.7 Å². The molecule has 1 N–H and O–H groups in total. The summed E-state index contributed by atoms with van der Waals surface area (Å²) in [5.41, 5.74) is -1.91. The van der Waals surface area contributed by atoms with E-state index in [0.717, 1.165) is 16.8 Å². The van der Waals surface area contributed by atoms with Crippen LogP contribution in [0.5, 0.6) is 0 Å².